The number of nitrogens with two attached hydrogens (primary N) is 1. The number of nitrogens with zero attached hydrogens (tertiary/aromatic N) is 2. The standard InChI is InChI=1S/C14H19N3O3/c1-14(2)12-6-16(7-13(15)19)8-17(12)10-5-9(18)3-4-11(10)20-14/h3-5,12,18H,6-8H2,1-2H3,(H2,15,19). The molecule has 108 valence electrons. The summed E-state index contributed by atoms with van der Waals surface area (Å²) in [6, 6.07) is 5.22. The van der Waals surface area contributed by atoms with Crippen molar-refractivity contribution in [2.24, 2.45) is 5.73 Å². The first-order chi connectivity index (χ1) is 9.37. The summed E-state index contributed by atoms with van der Waals surface area (Å²) >= 11 is 0. The molecule has 1 saturated heterocycles. The summed E-state index contributed by atoms with van der Waals surface area (Å²) in [4.78, 5) is 15.3. The third kappa shape index (κ3) is 2.06. The third-order valence-electron chi connectivity index (χ3n) is 3.97. The lowest BCUT2D eigenvalue weighted by molar-refractivity contribution is -0.118. The van der Waals surface area contributed by atoms with E-state index in [1.54, 1.807) is 18.2 Å². The van der Waals surface area contributed by atoms with Gasteiger partial charge in [-0.05, 0) is 26.0 Å². The van der Waals surface area contributed by atoms with Gasteiger partial charge in [0.2, 0.25) is 5.91 Å². The minimum atomic E-state index is -0.365. The fourth-order valence-electron chi connectivity index (χ4n) is 3.06. The molecule has 2 aliphatic heterocycles. The van der Waals surface area contributed by atoms with Crippen LogP contribution in [0.2, 0.25) is 0 Å². The molecular weight excluding hydrogens is 258 g/mol. The number of hydrogen-bond acceptors (Lipinski definition) is 5. The highest BCUT2D eigenvalue weighted by molar-refractivity contribution is 5.76. The molecule has 1 fully saturated rings. The SMILES string of the molecule is CC1(C)Oc2ccc(O)cc2N2CN(CC(N)=O)CC21. The quantitative estimate of drug-likeness (QED) is 0.823. The van der Waals surface area contributed by atoms with E-state index in [0.29, 0.717) is 13.2 Å². The number of rotatable bonds is 2. The van der Waals surface area contributed by atoms with Crippen molar-refractivity contribution in [3.05, 3.63) is 18.2 Å². The van der Waals surface area contributed by atoms with E-state index in [9.17, 15) is 9.90 Å². The van der Waals surface area contributed by atoms with Gasteiger partial charge in [0.1, 0.15) is 17.1 Å². The number of fused-ring (bicyclic) bond motifs is 3. The number of carbonyl (C=O) groups excluding carboxylic acids is 1. The van der Waals surface area contributed by atoms with E-state index in [1.165, 1.54) is 0 Å². The average Bonchev–Trinajstić information content (AvgIpc) is 2.74. The predicted molar refractivity (Wildman–Crippen MR) is 74.7 cm³/mol. The summed E-state index contributed by atoms with van der Waals surface area (Å²) in [5, 5.41) is 9.68. The zero-order valence-corrected chi connectivity index (χ0v) is 11.7. The maximum absolute atomic E-state index is 11.1. The summed E-state index contributed by atoms with van der Waals surface area (Å²) in [5.74, 6) is 0.629. The van der Waals surface area contributed by atoms with Crippen LogP contribution in [0.15, 0.2) is 18.2 Å². The van der Waals surface area contributed by atoms with Crippen LogP contribution in [0.4, 0.5) is 5.69 Å². The van der Waals surface area contributed by atoms with E-state index < -0.39 is 0 Å². The number of carbonyl (C=O) groups is 1. The van der Waals surface area contributed by atoms with Gasteiger partial charge in [0.05, 0.1) is 24.9 Å². The Morgan fingerprint density at radius 3 is 3.00 bits per heavy atom. The Hall–Kier alpha value is -1.95. The lowest BCUT2D eigenvalue weighted by Gasteiger charge is -2.43. The van der Waals surface area contributed by atoms with Crippen LogP contribution >= 0.6 is 0 Å². The zero-order chi connectivity index (χ0) is 14.5. The monoisotopic (exact) mass is 277 g/mol. The van der Waals surface area contributed by atoms with Crippen molar-refractivity contribution in [1.82, 2.24) is 4.90 Å². The van der Waals surface area contributed by atoms with Crippen molar-refractivity contribution in [2.45, 2.75) is 25.5 Å². The van der Waals surface area contributed by atoms with Crippen molar-refractivity contribution >= 4 is 11.6 Å². The summed E-state index contributed by atoms with van der Waals surface area (Å²) in [6.45, 7) is 5.63. The van der Waals surface area contributed by atoms with Gasteiger partial charge in [-0.1, -0.05) is 0 Å². The first-order valence-electron chi connectivity index (χ1n) is 6.66. The van der Waals surface area contributed by atoms with Crippen molar-refractivity contribution in [3.63, 3.8) is 0 Å². The van der Waals surface area contributed by atoms with Crippen molar-refractivity contribution in [1.29, 1.82) is 0 Å². The van der Waals surface area contributed by atoms with E-state index >= 15 is 0 Å². The van der Waals surface area contributed by atoms with Gasteiger partial charge in [-0.25, -0.2) is 0 Å². The highest BCUT2D eigenvalue weighted by atomic mass is 16.5. The van der Waals surface area contributed by atoms with Gasteiger partial charge in [-0.15, -0.1) is 0 Å². The lowest BCUT2D eigenvalue weighted by atomic mass is 9.95. The van der Waals surface area contributed by atoms with Gasteiger partial charge >= 0.3 is 0 Å². The Bertz CT molecular complexity index is 559. The van der Waals surface area contributed by atoms with Crippen LogP contribution in [-0.2, 0) is 4.79 Å². The summed E-state index contributed by atoms with van der Waals surface area (Å²) in [5.41, 5.74) is 5.78. The van der Waals surface area contributed by atoms with Gasteiger partial charge in [-0.2, -0.15) is 0 Å². The molecule has 6 heteroatoms. The molecule has 0 saturated carbocycles. The number of amides is 1. The second-order valence-electron chi connectivity index (χ2n) is 5.96. The van der Waals surface area contributed by atoms with E-state index in [0.717, 1.165) is 11.4 Å². The Morgan fingerprint density at radius 1 is 1.55 bits per heavy atom. The van der Waals surface area contributed by atoms with Crippen LogP contribution in [0.5, 0.6) is 11.5 Å². The molecule has 2 heterocycles. The molecule has 0 spiro atoms. The minimum absolute atomic E-state index is 0.121. The topological polar surface area (TPSA) is 79.0 Å². The molecule has 1 aromatic carbocycles. The number of primary amides is 1. The zero-order valence-electron chi connectivity index (χ0n) is 11.7. The Labute approximate surface area is 117 Å². The van der Waals surface area contributed by atoms with Crippen molar-refractivity contribution in [2.75, 3.05) is 24.7 Å². The summed E-state index contributed by atoms with van der Waals surface area (Å²) in [6.07, 6.45) is 0. The fourth-order valence-corrected chi connectivity index (χ4v) is 3.06. The first-order valence-corrected chi connectivity index (χ1v) is 6.66. The Kier molecular flexibility index (Phi) is 2.79. The van der Waals surface area contributed by atoms with Crippen LogP contribution < -0.4 is 15.4 Å². The van der Waals surface area contributed by atoms with E-state index in [-0.39, 0.29) is 29.8 Å². The highest BCUT2D eigenvalue weighted by Crippen LogP contribution is 2.44. The van der Waals surface area contributed by atoms with Crippen LogP contribution in [0.25, 0.3) is 0 Å². The molecular formula is C14H19N3O3. The second kappa shape index (κ2) is 4.28. The fraction of sp³-hybridized carbons (Fsp3) is 0.500. The van der Waals surface area contributed by atoms with Crippen LogP contribution in [0.3, 0.4) is 0 Å². The minimum Gasteiger partial charge on any atom is -0.508 e. The number of aromatic hydroxyl groups is 1. The lowest BCUT2D eigenvalue weighted by Crippen LogP contribution is -2.54. The molecule has 1 atom stereocenters. The van der Waals surface area contributed by atoms with E-state index in [1.807, 2.05) is 18.7 Å². The summed E-state index contributed by atoms with van der Waals surface area (Å²) in [7, 11) is 0. The molecule has 1 amide bonds. The smallest absolute Gasteiger partial charge is 0.231 e. The second-order valence-corrected chi connectivity index (χ2v) is 5.96. The molecule has 1 aromatic rings. The number of phenolic OH excluding ortho intramolecular Hbond substituents is 1. The molecule has 3 N–H and O–H groups in total. The van der Waals surface area contributed by atoms with E-state index in [2.05, 4.69) is 4.90 Å². The van der Waals surface area contributed by atoms with Gasteiger partial charge in [-0.3, -0.25) is 9.69 Å². The predicted octanol–water partition coefficient (Wildman–Crippen LogP) is 0.497. The van der Waals surface area contributed by atoms with Gasteiger partial charge in [0, 0.05) is 12.6 Å². The van der Waals surface area contributed by atoms with Crippen LogP contribution in [0.1, 0.15) is 13.8 Å². The summed E-state index contributed by atoms with van der Waals surface area (Å²) < 4.78 is 6.05. The number of benzene rings is 1. The molecule has 6 nitrogen and oxygen atoms in total. The maximum Gasteiger partial charge on any atom is 0.231 e. The van der Waals surface area contributed by atoms with Crippen molar-refractivity contribution in [3.8, 4) is 11.5 Å². The molecule has 0 aliphatic carbocycles. The largest absolute Gasteiger partial charge is 0.508 e. The maximum atomic E-state index is 11.1. The molecule has 20 heavy (non-hydrogen) atoms. The van der Waals surface area contributed by atoms with Crippen LogP contribution in [-0.4, -0.2) is 47.3 Å². The Morgan fingerprint density at radius 2 is 2.30 bits per heavy atom. The number of hydrogen-bond donors (Lipinski definition) is 2. The molecule has 0 aromatic heterocycles. The molecule has 3 rings (SSSR count). The average molecular weight is 277 g/mol. The normalized spacial score (nSPS) is 23.9. The van der Waals surface area contributed by atoms with E-state index in [4.69, 9.17) is 10.5 Å². The van der Waals surface area contributed by atoms with Crippen LogP contribution in [0, 0.1) is 0 Å². The molecule has 2 aliphatic rings. The Balaban J connectivity index is 1.96. The third-order valence-corrected chi connectivity index (χ3v) is 3.97. The van der Waals surface area contributed by atoms with Crippen molar-refractivity contribution < 1.29 is 14.6 Å². The van der Waals surface area contributed by atoms with Gasteiger partial charge in [0.25, 0.3) is 0 Å². The highest BCUT2D eigenvalue weighted by Gasteiger charge is 2.47. The number of ether oxygens (including phenoxy) is 1. The molecule has 0 radical (unpaired) electrons. The molecule has 1 unspecified atom stereocenters. The van der Waals surface area contributed by atoms with Gasteiger partial charge in [0.15, 0.2) is 0 Å². The first kappa shape index (κ1) is 13.1. The number of anilines is 1. The number of phenols is 1. The van der Waals surface area contributed by atoms with Gasteiger partial charge < -0.3 is 20.5 Å². The molecule has 0 bridgehead atoms.